The van der Waals surface area contributed by atoms with Crippen LogP contribution >= 0.6 is 0 Å². The van der Waals surface area contributed by atoms with Crippen LogP contribution in [-0.4, -0.2) is 18.7 Å². The third-order valence-electron chi connectivity index (χ3n) is 8.11. The van der Waals surface area contributed by atoms with E-state index in [1.807, 2.05) is 0 Å². The first kappa shape index (κ1) is 20.8. The van der Waals surface area contributed by atoms with E-state index in [4.69, 9.17) is 9.47 Å². The summed E-state index contributed by atoms with van der Waals surface area (Å²) >= 11 is 0. The minimum absolute atomic E-state index is 0.117. The number of aryl methyl sites for hydroxylation is 1. The maximum atomic E-state index is 11.6. The second kappa shape index (κ2) is 8.32. The Morgan fingerprint density at radius 2 is 2.03 bits per heavy atom. The molecule has 29 heavy (non-hydrogen) atoms. The minimum Gasteiger partial charge on any atom is -0.494 e. The van der Waals surface area contributed by atoms with Gasteiger partial charge in [0.15, 0.2) is 0 Å². The van der Waals surface area contributed by atoms with Crippen LogP contribution < -0.4 is 4.74 Å². The quantitative estimate of drug-likeness (QED) is 0.417. The van der Waals surface area contributed by atoms with Crippen LogP contribution in [0.3, 0.4) is 0 Å². The van der Waals surface area contributed by atoms with Crippen molar-refractivity contribution < 1.29 is 14.3 Å². The van der Waals surface area contributed by atoms with E-state index in [9.17, 15) is 4.79 Å². The van der Waals surface area contributed by atoms with Crippen molar-refractivity contribution in [3.63, 3.8) is 0 Å². The molecule has 0 aliphatic heterocycles. The van der Waals surface area contributed by atoms with E-state index in [1.165, 1.54) is 37.7 Å². The van der Waals surface area contributed by atoms with Crippen molar-refractivity contribution >= 4 is 5.97 Å². The summed E-state index contributed by atoms with van der Waals surface area (Å²) in [5.41, 5.74) is 3.24. The van der Waals surface area contributed by atoms with E-state index < -0.39 is 0 Å². The molecule has 0 bridgehead atoms. The monoisotopic (exact) mass is 398 g/mol. The van der Waals surface area contributed by atoms with Crippen LogP contribution in [0.25, 0.3) is 0 Å². The van der Waals surface area contributed by atoms with Crippen molar-refractivity contribution in [1.82, 2.24) is 0 Å². The topological polar surface area (TPSA) is 35.5 Å². The third kappa shape index (κ3) is 4.07. The maximum Gasteiger partial charge on any atom is 0.302 e. The molecule has 2 saturated carbocycles. The second-order valence-corrected chi connectivity index (χ2v) is 10.4. The van der Waals surface area contributed by atoms with Gasteiger partial charge in [-0.2, -0.15) is 0 Å². The highest BCUT2D eigenvalue weighted by atomic mass is 16.5. The number of benzene rings is 1. The summed E-state index contributed by atoms with van der Waals surface area (Å²) in [6.07, 6.45) is 9.54. The fraction of sp³-hybridized carbons (Fsp3) is 0.731. The fourth-order valence-corrected chi connectivity index (χ4v) is 6.68. The number of esters is 1. The highest BCUT2D eigenvalue weighted by molar-refractivity contribution is 5.66. The SMILES string of the molecule is CC(=O)O[C@H]1CC[C@H]2[C@@H]3CCc4cc(OCCCC(C)C)ccc4[C@H]3CC[C@]12C. The van der Waals surface area contributed by atoms with Crippen LogP contribution in [0.4, 0.5) is 0 Å². The van der Waals surface area contributed by atoms with Crippen LogP contribution in [-0.2, 0) is 16.0 Å². The van der Waals surface area contributed by atoms with E-state index in [1.54, 1.807) is 12.5 Å². The Bertz CT molecular complexity index is 739. The van der Waals surface area contributed by atoms with Gasteiger partial charge in [0.2, 0.25) is 0 Å². The first-order chi connectivity index (χ1) is 13.9. The maximum absolute atomic E-state index is 11.6. The zero-order valence-corrected chi connectivity index (χ0v) is 18.7. The molecule has 3 aliphatic rings. The van der Waals surface area contributed by atoms with Gasteiger partial charge >= 0.3 is 5.97 Å². The standard InChI is InChI=1S/C26H38O3/c1-17(2)6-5-15-28-20-8-10-21-19(16-20)7-9-23-22(21)13-14-26(4)24(23)11-12-25(26)29-18(3)27/h8,10,16-17,22-25H,5-7,9,11-15H2,1-4H3/t22-,23-,24+,25+,26+/m1/s1. The normalized spacial score (nSPS) is 33.0. The number of hydrogen-bond acceptors (Lipinski definition) is 3. The van der Waals surface area contributed by atoms with Gasteiger partial charge < -0.3 is 9.47 Å². The van der Waals surface area contributed by atoms with E-state index in [-0.39, 0.29) is 17.5 Å². The first-order valence-electron chi connectivity index (χ1n) is 11.8. The van der Waals surface area contributed by atoms with E-state index in [0.29, 0.717) is 11.8 Å². The lowest BCUT2D eigenvalue weighted by Crippen LogP contribution is -2.45. The number of carbonyl (C=O) groups excluding carboxylic acids is 1. The van der Waals surface area contributed by atoms with Crippen molar-refractivity contribution in [2.24, 2.45) is 23.2 Å². The summed E-state index contributed by atoms with van der Waals surface area (Å²) < 4.78 is 11.8. The summed E-state index contributed by atoms with van der Waals surface area (Å²) in [4.78, 5) is 11.6. The molecule has 5 atom stereocenters. The molecule has 1 aromatic carbocycles. The lowest BCUT2D eigenvalue weighted by Gasteiger charge is -2.50. The number of fused-ring (bicyclic) bond motifs is 5. The lowest BCUT2D eigenvalue weighted by atomic mass is 9.55. The van der Waals surface area contributed by atoms with Crippen molar-refractivity contribution in [3.8, 4) is 5.75 Å². The first-order valence-corrected chi connectivity index (χ1v) is 11.8. The Hall–Kier alpha value is -1.51. The average molecular weight is 399 g/mol. The molecular formula is C26H38O3. The highest BCUT2D eigenvalue weighted by Gasteiger charge is 2.56. The van der Waals surface area contributed by atoms with E-state index in [0.717, 1.165) is 43.5 Å². The van der Waals surface area contributed by atoms with Crippen LogP contribution in [0.15, 0.2) is 18.2 Å². The van der Waals surface area contributed by atoms with Crippen LogP contribution in [0.5, 0.6) is 5.75 Å². The highest BCUT2D eigenvalue weighted by Crippen LogP contribution is 2.61. The second-order valence-electron chi connectivity index (χ2n) is 10.4. The zero-order chi connectivity index (χ0) is 20.6. The van der Waals surface area contributed by atoms with Gasteiger partial charge in [0, 0.05) is 12.3 Å². The molecule has 0 spiro atoms. The van der Waals surface area contributed by atoms with Gasteiger partial charge in [-0.05, 0) is 98.3 Å². The molecule has 4 rings (SSSR count). The van der Waals surface area contributed by atoms with Gasteiger partial charge in [0.05, 0.1) is 6.61 Å². The van der Waals surface area contributed by atoms with Gasteiger partial charge in [-0.1, -0.05) is 26.8 Å². The van der Waals surface area contributed by atoms with Crippen LogP contribution in [0.2, 0.25) is 0 Å². The molecule has 0 saturated heterocycles. The smallest absolute Gasteiger partial charge is 0.302 e. The Morgan fingerprint density at radius 1 is 1.21 bits per heavy atom. The Labute approximate surface area is 176 Å². The van der Waals surface area contributed by atoms with Gasteiger partial charge in [-0.15, -0.1) is 0 Å². The predicted molar refractivity (Wildman–Crippen MR) is 116 cm³/mol. The van der Waals surface area contributed by atoms with Crippen LogP contribution in [0, 0.1) is 23.2 Å². The molecule has 0 N–H and O–H groups in total. The molecule has 0 radical (unpaired) electrons. The molecule has 0 aromatic heterocycles. The molecule has 3 aliphatic carbocycles. The lowest BCUT2D eigenvalue weighted by molar-refractivity contribution is -0.154. The summed E-state index contributed by atoms with van der Waals surface area (Å²) in [7, 11) is 0. The fourth-order valence-electron chi connectivity index (χ4n) is 6.68. The van der Waals surface area contributed by atoms with Crippen molar-refractivity contribution in [3.05, 3.63) is 29.3 Å². The van der Waals surface area contributed by atoms with Crippen molar-refractivity contribution in [2.45, 2.75) is 91.1 Å². The largest absolute Gasteiger partial charge is 0.494 e. The molecule has 3 nitrogen and oxygen atoms in total. The van der Waals surface area contributed by atoms with Gasteiger partial charge in [-0.25, -0.2) is 0 Å². The average Bonchev–Trinajstić information content (AvgIpc) is 3.00. The molecule has 0 heterocycles. The Morgan fingerprint density at radius 3 is 2.79 bits per heavy atom. The summed E-state index contributed by atoms with van der Waals surface area (Å²) in [5.74, 6) is 3.76. The number of carbonyl (C=O) groups is 1. The van der Waals surface area contributed by atoms with Crippen molar-refractivity contribution in [2.75, 3.05) is 6.61 Å². The minimum atomic E-state index is -0.117. The van der Waals surface area contributed by atoms with Gasteiger partial charge in [-0.3, -0.25) is 4.79 Å². The molecule has 1 aromatic rings. The van der Waals surface area contributed by atoms with Gasteiger partial charge in [0.1, 0.15) is 11.9 Å². The molecular weight excluding hydrogens is 360 g/mol. The number of ether oxygens (including phenoxy) is 2. The van der Waals surface area contributed by atoms with E-state index in [2.05, 4.69) is 39.0 Å². The molecule has 160 valence electrons. The predicted octanol–water partition coefficient (Wildman–Crippen LogP) is 6.29. The summed E-state index contributed by atoms with van der Waals surface area (Å²) in [6.45, 7) is 9.30. The van der Waals surface area contributed by atoms with Crippen LogP contribution in [0.1, 0.15) is 89.7 Å². The Balaban J connectivity index is 1.45. The Kier molecular flexibility index (Phi) is 5.95. The zero-order valence-electron chi connectivity index (χ0n) is 18.7. The molecule has 0 unspecified atom stereocenters. The number of rotatable bonds is 6. The van der Waals surface area contributed by atoms with Gasteiger partial charge in [0.25, 0.3) is 0 Å². The third-order valence-corrected chi connectivity index (χ3v) is 8.11. The molecule has 0 amide bonds. The summed E-state index contributed by atoms with van der Waals surface area (Å²) in [5, 5.41) is 0. The number of hydrogen-bond donors (Lipinski definition) is 0. The molecule has 2 fully saturated rings. The summed E-state index contributed by atoms with van der Waals surface area (Å²) in [6, 6.07) is 6.86. The molecule has 3 heteroatoms. The van der Waals surface area contributed by atoms with E-state index >= 15 is 0 Å². The van der Waals surface area contributed by atoms with Crippen molar-refractivity contribution in [1.29, 1.82) is 0 Å².